The molecule has 0 fully saturated rings. The molecule has 0 heterocycles. The summed E-state index contributed by atoms with van der Waals surface area (Å²) in [5.74, 6) is 7.00. The minimum atomic E-state index is 0.807. The average molecular weight is 102 g/mol. The van der Waals surface area contributed by atoms with Gasteiger partial charge in [-0.1, -0.05) is 13.3 Å². The zero-order valence-corrected chi connectivity index (χ0v) is 5.12. The molecule has 0 rings (SSSR count). The van der Waals surface area contributed by atoms with Crippen molar-refractivity contribution in [2.45, 2.75) is 19.8 Å². The lowest BCUT2D eigenvalue weighted by Gasteiger charge is -2.13. The van der Waals surface area contributed by atoms with Crippen LogP contribution in [-0.4, -0.2) is 13.6 Å². The minimum Gasteiger partial charge on any atom is -0.470 e. The van der Waals surface area contributed by atoms with Crippen LogP contribution in [0.4, 0.5) is 0 Å². The molecule has 0 amide bonds. The van der Waals surface area contributed by atoms with Gasteiger partial charge in [0.15, 0.2) is 0 Å². The maximum Gasteiger partial charge on any atom is 0.0679 e. The van der Waals surface area contributed by atoms with Gasteiger partial charge in [-0.25, -0.2) is 0 Å². The monoisotopic (exact) mass is 102 g/mol. The maximum atomic E-state index is 7.00. The van der Waals surface area contributed by atoms with Gasteiger partial charge in [0.2, 0.25) is 0 Å². The van der Waals surface area contributed by atoms with Gasteiger partial charge in [-0.2, -0.15) is 0 Å². The molecule has 0 aliphatic heterocycles. The summed E-state index contributed by atoms with van der Waals surface area (Å²) in [4.78, 5) is 0. The van der Waals surface area contributed by atoms with Crippen molar-refractivity contribution in [3.63, 3.8) is 0 Å². The molecule has 2 heteroatoms. The molecule has 0 aromatic carbocycles. The van der Waals surface area contributed by atoms with Gasteiger partial charge >= 0.3 is 0 Å². The Balaban J connectivity index is 2.68. The molecule has 0 spiro atoms. The van der Waals surface area contributed by atoms with E-state index in [1.807, 2.05) is 7.05 Å². The molecule has 0 aromatic rings. The SMILES string of the molecule is CCCC[NH+](C)[NH-]. The van der Waals surface area contributed by atoms with Gasteiger partial charge in [-0.15, -0.1) is 0 Å². The van der Waals surface area contributed by atoms with E-state index >= 15 is 0 Å². The summed E-state index contributed by atoms with van der Waals surface area (Å²) in [5.41, 5.74) is 0. The predicted octanol–water partition coefficient (Wildman–Crippen LogP) is 0.268. The van der Waals surface area contributed by atoms with E-state index in [0.29, 0.717) is 0 Å². The topological polar surface area (TPSA) is 28.2 Å². The summed E-state index contributed by atoms with van der Waals surface area (Å²) >= 11 is 0. The fourth-order valence-corrected chi connectivity index (χ4v) is 0.442. The number of unbranched alkanes of at least 4 members (excludes halogenated alkanes) is 1. The van der Waals surface area contributed by atoms with Crippen LogP contribution >= 0.6 is 0 Å². The second-order valence-corrected chi connectivity index (χ2v) is 1.88. The Kier molecular flexibility index (Phi) is 4.04. The van der Waals surface area contributed by atoms with Crippen molar-refractivity contribution in [1.29, 1.82) is 0 Å². The summed E-state index contributed by atoms with van der Waals surface area (Å²) in [6.45, 7) is 3.12. The second-order valence-electron chi connectivity index (χ2n) is 1.88. The van der Waals surface area contributed by atoms with E-state index < -0.39 is 0 Å². The number of rotatable bonds is 3. The molecule has 0 aliphatic carbocycles. The molecule has 0 bridgehead atoms. The van der Waals surface area contributed by atoms with Gasteiger partial charge in [0.25, 0.3) is 0 Å². The van der Waals surface area contributed by atoms with Crippen LogP contribution in [0.3, 0.4) is 0 Å². The largest absolute Gasteiger partial charge is 0.470 e. The summed E-state index contributed by atoms with van der Waals surface area (Å²) in [6, 6.07) is 0. The molecule has 2 nitrogen and oxygen atoms in total. The molecule has 1 unspecified atom stereocenters. The van der Waals surface area contributed by atoms with Crippen LogP contribution < -0.4 is 5.01 Å². The minimum absolute atomic E-state index is 0.807. The summed E-state index contributed by atoms with van der Waals surface area (Å²) in [7, 11) is 1.86. The third-order valence-electron chi connectivity index (χ3n) is 0.905. The lowest BCUT2D eigenvalue weighted by atomic mass is 10.3. The summed E-state index contributed by atoms with van der Waals surface area (Å²) in [5, 5.41) is 0.807. The van der Waals surface area contributed by atoms with Crippen LogP contribution in [0.25, 0.3) is 5.84 Å². The predicted molar refractivity (Wildman–Crippen MR) is 31.0 cm³/mol. The molecular weight excluding hydrogens is 88.1 g/mol. The first-order valence-electron chi connectivity index (χ1n) is 2.81. The molecule has 7 heavy (non-hydrogen) atoms. The highest BCUT2D eigenvalue weighted by atomic mass is 15.4. The lowest BCUT2D eigenvalue weighted by Crippen LogP contribution is -3.01. The standard InChI is InChI=1S/C5H14N2/c1-3-4-5-7(2)6/h6-7H,3-5H2,1-2H3. The number of quaternary nitrogens is 1. The van der Waals surface area contributed by atoms with Crippen molar-refractivity contribution in [3.05, 3.63) is 5.84 Å². The van der Waals surface area contributed by atoms with Gasteiger partial charge in [-0.3, -0.25) is 0 Å². The fraction of sp³-hybridized carbons (Fsp3) is 1.00. The number of hydrogen-bond acceptors (Lipinski definition) is 0. The van der Waals surface area contributed by atoms with Crippen LogP contribution in [0.5, 0.6) is 0 Å². The quantitative estimate of drug-likeness (QED) is 0.495. The van der Waals surface area contributed by atoms with E-state index in [4.69, 9.17) is 5.84 Å². The summed E-state index contributed by atoms with van der Waals surface area (Å²) in [6.07, 6.45) is 2.38. The van der Waals surface area contributed by atoms with Crippen molar-refractivity contribution in [3.8, 4) is 0 Å². The van der Waals surface area contributed by atoms with E-state index in [2.05, 4.69) is 6.92 Å². The van der Waals surface area contributed by atoms with Gasteiger partial charge in [0.05, 0.1) is 13.6 Å². The van der Waals surface area contributed by atoms with Gasteiger partial charge in [0, 0.05) is 0 Å². The summed E-state index contributed by atoms with van der Waals surface area (Å²) < 4.78 is 0. The third-order valence-corrected chi connectivity index (χ3v) is 0.905. The van der Waals surface area contributed by atoms with Crippen LogP contribution in [0, 0.1) is 0 Å². The highest BCUT2D eigenvalue weighted by molar-refractivity contribution is 4.26. The maximum absolute atomic E-state index is 7.00. The molecule has 0 radical (unpaired) electrons. The van der Waals surface area contributed by atoms with Crippen molar-refractivity contribution < 1.29 is 5.01 Å². The zero-order chi connectivity index (χ0) is 5.70. The Morgan fingerprint density at radius 3 is 2.29 bits per heavy atom. The fourth-order valence-electron chi connectivity index (χ4n) is 0.442. The highest BCUT2D eigenvalue weighted by Crippen LogP contribution is 1.77. The molecule has 2 N–H and O–H groups in total. The van der Waals surface area contributed by atoms with E-state index in [1.54, 1.807) is 0 Å². The molecule has 0 aromatic heterocycles. The van der Waals surface area contributed by atoms with Crippen molar-refractivity contribution in [2.75, 3.05) is 13.6 Å². The smallest absolute Gasteiger partial charge is 0.0679 e. The van der Waals surface area contributed by atoms with Crippen LogP contribution in [0.2, 0.25) is 0 Å². The highest BCUT2D eigenvalue weighted by Gasteiger charge is 1.82. The van der Waals surface area contributed by atoms with Crippen LogP contribution in [0.15, 0.2) is 0 Å². The van der Waals surface area contributed by atoms with Crippen LogP contribution in [0.1, 0.15) is 19.8 Å². The van der Waals surface area contributed by atoms with Gasteiger partial charge in [0.1, 0.15) is 0 Å². The van der Waals surface area contributed by atoms with Crippen molar-refractivity contribution in [1.82, 2.24) is 0 Å². The lowest BCUT2D eigenvalue weighted by molar-refractivity contribution is -0.826. The Labute approximate surface area is 45.3 Å². The Hall–Kier alpha value is -0.0800. The molecule has 0 saturated carbocycles. The van der Waals surface area contributed by atoms with Gasteiger partial charge < -0.3 is 10.9 Å². The van der Waals surface area contributed by atoms with Crippen molar-refractivity contribution >= 4 is 0 Å². The van der Waals surface area contributed by atoms with E-state index in [-0.39, 0.29) is 0 Å². The first kappa shape index (κ1) is 6.92. The number of nitrogens with one attached hydrogen (secondary N) is 2. The first-order chi connectivity index (χ1) is 3.27. The average Bonchev–Trinajstić information content (AvgIpc) is 1.61. The van der Waals surface area contributed by atoms with E-state index in [1.165, 1.54) is 12.8 Å². The van der Waals surface area contributed by atoms with Crippen molar-refractivity contribution in [2.24, 2.45) is 0 Å². The van der Waals surface area contributed by atoms with E-state index in [0.717, 1.165) is 11.6 Å². The molecule has 0 saturated heterocycles. The Morgan fingerprint density at radius 2 is 2.14 bits per heavy atom. The van der Waals surface area contributed by atoms with Crippen LogP contribution in [-0.2, 0) is 0 Å². The molecule has 44 valence electrons. The normalized spacial score (nSPS) is 14.1. The number of hydrogen-bond donors (Lipinski definition) is 1. The zero-order valence-electron chi connectivity index (χ0n) is 5.12. The Morgan fingerprint density at radius 1 is 1.57 bits per heavy atom. The van der Waals surface area contributed by atoms with E-state index in [9.17, 15) is 0 Å². The second kappa shape index (κ2) is 4.09. The molecular formula is C5H14N2. The first-order valence-corrected chi connectivity index (χ1v) is 2.81. The third kappa shape index (κ3) is 5.92. The molecule has 0 aliphatic rings. The van der Waals surface area contributed by atoms with Gasteiger partial charge in [-0.05, 0) is 6.42 Å². The Bertz CT molecular complexity index is 35.1. The molecule has 1 atom stereocenters.